The van der Waals surface area contributed by atoms with Crippen LogP contribution in [0.15, 0.2) is 53.1 Å². The molecule has 1 atom stereocenters. The molecular formula is C21H18N4O2. The van der Waals surface area contributed by atoms with E-state index in [1.807, 2.05) is 42.2 Å². The maximum atomic E-state index is 12.4. The van der Waals surface area contributed by atoms with E-state index in [1.165, 1.54) is 5.56 Å². The molecule has 2 aromatic carbocycles. The Hall–Kier alpha value is -3.46. The van der Waals surface area contributed by atoms with Crippen LogP contribution in [0.4, 0.5) is 0 Å². The van der Waals surface area contributed by atoms with Crippen molar-refractivity contribution in [3.63, 3.8) is 0 Å². The maximum Gasteiger partial charge on any atom is 0.257 e. The Labute approximate surface area is 157 Å². The third kappa shape index (κ3) is 3.44. The number of nitriles is 1. The van der Waals surface area contributed by atoms with Crippen LogP contribution in [-0.4, -0.2) is 27.5 Å². The van der Waals surface area contributed by atoms with Gasteiger partial charge in [0.1, 0.15) is 0 Å². The van der Waals surface area contributed by atoms with Crippen LogP contribution in [0.2, 0.25) is 0 Å². The van der Waals surface area contributed by atoms with Crippen LogP contribution < -0.4 is 0 Å². The minimum absolute atomic E-state index is 0.0850. The predicted octanol–water partition coefficient (Wildman–Crippen LogP) is 3.43. The minimum atomic E-state index is -0.0850. The van der Waals surface area contributed by atoms with Crippen LogP contribution in [0.1, 0.15) is 34.9 Å². The summed E-state index contributed by atoms with van der Waals surface area (Å²) in [5.74, 6) is 0.916. The first-order chi connectivity index (χ1) is 13.1. The topological polar surface area (TPSA) is 83.0 Å². The molecule has 1 aliphatic heterocycles. The van der Waals surface area contributed by atoms with E-state index >= 15 is 0 Å². The molecule has 0 radical (unpaired) electrons. The summed E-state index contributed by atoms with van der Waals surface area (Å²) < 4.78 is 5.37. The van der Waals surface area contributed by atoms with Crippen molar-refractivity contribution in [2.75, 3.05) is 6.54 Å². The zero-order valence-corrected chi connectivity index (χ0v) is 14.9. The van der Waals surface area contributed by atoms with Crippen molar-refractivity contribution in [2.24, 2.45) is 0 Å². The Kier molecular flexibility index (Phi) is 4.43. The Morgan fingerprint density at radius 2 is 2.11 bits per heavy atom. The third-order valence-corrected chi connectivity index (χ3v) is 4.88. The van der Waals surface area contributed by atoms with E-state index in [4.69, 9.17) is 9.78 Å². The van der Waals surface area contributed by atoms with Crippen LogP contribution in [0, 0.1) is 18.3 Å². The van der Waals surface area contributed by atoms with Crippen LogP contribution in [0.3, 0.4) is 0 Å². The quantitative estimate of drug-likeness (QED) is 0.713. The molecule has 0 aliphatic carbocycles. The number of benzene rings is 2. The second-order valence-electron chi connectivity index (χ2n) is 6.75. The van der Waals surface area contributed by atoms with Gasteiger partial charge < -0.3 is 9.42 Å². The van der Waals surface area contributed by atoms with Crippen molar-refractivity contribution in [1.82, 2.24) is 15.0 Å². The first-order valence-corrected chi connectivity index (χ1v) is 8.80. The predicted molar refractivity (Wildman–Crippen MR) is 98.4 cm³/mol. The average Bonchev–Trinajstić information content (AvgIpc) is 3.31. The molecule has 0 bridgehead atoms. The van der Waals surface area contributed by atoms with Gasteiger partial charge in [0.2, 0.25) is 5.91 Å². The molecule has 4 rings (SSSR count). The lowest BCUT2D eigenvalue weighted by Gasteiger charge is -2.17. The van der Waals surface area contributed by atoms with Gasteiger partial charge in [0, 0.05) is 31.0 Å². The number of likely N-dealkylation sites (tertiary alicyclic amines) is 1. The highest BCUT2D eigenvalue weighted by atomic mass is 16.5. The number of carbonyl (C=O) groups excluding carboxylic acids is 1. The number of aryl methyl sites for hydroxylation is 1. The summed E-state index contributed by atoms with van der Waals surface area (Å²) in [6.07, 6.45) is 0.378. The van der Waals surface area contributed by atoms with Gasteiger partial charge in [-0.05, 0) is 36.2 Å². The van der Waals surface area contributed by atoms with Gasteiger partial charge in [-0.2, -0.15) is 10.2 Å². The van der Waals surface area contributed by atoms with Crippen molar-refractivity contribution in [2.45, 2.75) is 25.8 Å². The first-order valence-electron chi connectivity index (χ1n) is 8.80. The lowest BCUT2D eigenvalue weighted by molar-refractivity contribution is -0.128. The fraction of sp³-hybridized carbons (Fsp3) is 0.238. The van der Waals surface area contributed by atoms with E-state index in [0.717, 1.165) is 5.56 Å². The van der Waals surface area contributed by atoms with Crippen LogP contribution in [0.5, 0.6) is 0 Å². The number of nitrogens with zero attached hydrogens (tertiary/aromatic N) is 4. The molecule has 1 fully saturated rings. The van der Waals surface area contributed by atoms with E-state index in [9.17, 15) is 4.79 Å². The minimum Gasteiger partial charge on any atom is -0.338 e. The summed E-state index contributed by atoms with van der Waals surface area (Å²) in [5.41, 5.74) is 3.56. The lowest BCUT2D eigenvalue weighted by atomic mass is 10.1. The molecule has 0 N–H and O–H groups in total. The third-order valence-electron chi connectivity index (χ3n) is 4.88. The smallest absolute Gasteiger partial charge is 0.257 e. The molecule has 1 amide bonds. The molecule has 1 aromatic heterocycles. The van der Waals surface area contributed by atoms with Crippen molar-refractivity contribution in [3.05, 3.63) is 71.0 Å². The van der Waals surface area contributed by atoms with Gasteiger partial charge in [0.05, 0.1) is 11.6 Å². The number of hydrogen-bond donors (Lipinski definition) is 0. The van der Waals surface area contributed by atoms with Crippen molar-refractivity contribution in [3.8, 4) is 17.5 Å². The number of amides is 1. The summed E-state index contributed by atoms with van der Waals surface area (Å²) in [4.78, 5) is 18.7. The number of hydrogen-bond acceptors (Lipinski definition) is 5. The largest absolute Gasteiger partial charge is 0.338 e. The highest BCUT2D eigenvalue weighted by Crippen LogP contribution is 2.29. The van der Waals surface area contributed by atoms with Gasteiger partial charge in [-0.15, -0.1) is 0 Å². The average molecular weight is 358 g/mol. The number of carbonyl (C=O) groups is 1. The van der Waals surface area contributed by atoms with Crippen molar-refractivity contribution in [1.29, 1.82) is 5.26 Å². The molecule has 1 unspecified atom stereocenters. The van der Waals surface area contributed by atoms with Gasteiger partial charge >= 0.3 is 0 Å². The Morgan fingerprint density at radius 3 is 2.93 bits per heavy atom. The van der Waals surface area contributed by atoms with Crippen LogP contribution in [-0.2, 0) is 11.3 Å². The molecular weight excluding hydrogens is 340 g/mol. The Balaban J connectivity index is 1.50. The molecule has 27 heavy (non-hydrogen) atoms. The molecule has 0 saturated carbocycles. The molecule has 0 spiro atoms. The number of aromatic nitrogens is 2. The zero-order valence-electron chi connectivity index (χ0n) is 14.9. The van der Waals surface area contributed by atoms with E-state index in [-0.39, 0.29) is 11.8 Å². The molecule has 1 aliphatic rings. The van der Waals surface area contributed by atoms with Gasteiger partial charge in [0.15, 0.2) is 5.82 Å². The van der Waals surface area contributed by atoms with Crippen molar-refractivity contribution >= 4 is 5.91 Å². The van der Waals surface area contributed by atoms with Gasteiger partial charge in [0.25, 0.3) is 5.89 Å². The second-order valence-corrected chi connectivity index (χ2v) is 6.75. The van der Waals surface area contributed by atoms with E-state index < -0.39 is 0 Å². The maximum absolute atomic E-state index is 12.4. The van der Waals surface area contributed by atoms with Gasteiger partial charge in [-0.25, -0.2) is 0 Å². The van der Waals surface area contributed by atoms with Crippen molar-refractivity contribution < 1.29 is 9.32 Å². The van der Waals surface area contributed by atoms with Crippen LogP contribution in [0.25, 0.3) is 11.5 Å². The van der Waals surface area contributed by atoms with E-state index in [2.05, 4.69) is 16.2 Å². The first kappa shape index (κ1) is 17.0. The van der Waals surface area contributed by atoms with E-state index in [0.29, 0.717) is 42.4 Å². The van der Waals surface area contributed by atoms with E-state index in [1.54, 1.807) is 18.2 Å². The van der Waals surface area contributed by atoms with Gasteiger partial charge in [-0.3, -0.25) is 4.79 Å². The highest BCUT2D eigenvalue weighted by Gasteiger charge is 2.33. The summed E-state index contributed by atoms with van der Waals surface area (Å²) in [6.45, 7) is 3.22. The Bertz CT molecular complexity index is 1030. The molecule has 6 heteroatoms. The zero-order chi connectivity index (χ0) is 18.8. The highest BCUT2D eigenvalue weighted by molar-refractivity contribution is 5.79. The number of rotatable bonds is 4. The second kappa shape index (κ2) is 7.04. The fourth-order valence-corrected chi connectivity index (χ4v) is 3.33. The molecule has 3 aromatic rings. The summed E-state index contributed by atoms with van der Waals surface area (Å²) >= 11 is 0. The monoisotopic (exact) mass is 358 g/mol. The summed E-state index contributed by atoms with van der Waals surface area (Å²) in [7, 11) is 0. The van der Waals surface area contributed by atoms with Gasteiger partial charge in [-0.1, -0.05) is 35.5 Å². The summed E-state index contributed by atoms with van der Waals surface area (Å²) in [6, 6.07) is 17.2. The SMILES string of the molecule is Cc1ccccc1CN1CC(c2noc(-c3cccc(C#N)c3)n2)CC1=O. The lowest BCUT2D eigenvalue weighted by Crippen LogP contribution is -2.24. The Morgan fingerprint density at radius 1 is 1.26 bits per heavy atom. The molecule has 6 nitrogen and oxygen atoms in total. The normalized spacial score (nSPS) is 16.5. The molecule has 1 saturated heterocycles. The molecule has 134 valence electrons. The standard InChI is InChI=1S/C21H18N4O2/c1-14-5-2-3-7-17(14)12-25-13-18(10-19(25)26)20-23-21(27-24-20)16-8-4-6-15(9-16)11-22/h2-9,18H,10,12-13H2,1H3. The molecule has 2 heterocycles. The summed E-state index contributed by atoms with van der Waals surface area (Å²) in [5, 5.41) is 13.1. The van der Waals surface area contributed by atoms with Crippen LogP contribution >= 0.6 is 0 Å². The fourth-order valence-electron chi connectivity index (χ4n) is 3.33.